The molecule has 0 spiro atoms. The third-order valence-corrected chi connectivity index (χ3v) is 0.781. The maximum Gasteiger partial charge on any atom is 1.00 e. The van der Waals surface area contributed by atoms with Gasteiger partial charge in [0.1, 0.15) is 0 Å². The minimum atomic E-state index is 0. The van der Waals surface area contributed by atoms with E-state index in [1.807, 2.05) is 0 Å². The molecule has 0 unspecified atom stereocenters. The molecular weight excluding hydrogens is 143 g/mol. The Kier molecular flexibility index (Phi) is 22.0. The summed E-state index contributed by atoms with van der Waals surface area (Å²) in [6, 6.07) is 0. The quantitative estimate of drug-likeness (QED) is 0.422. The monoisotopic (exact) mass is 155 g/mol. The van der Waals surface area contributed by atoms with E-state index in [1.54, 1.807) is 0 Å². The van der Waals surface area contributed by atoms with E-state index in [0.717, 1.165) is 12.3 Å². The van der Waals surface area contributed by atoms with Gasteiger partial charge in [0.05, 0.1) is 0 Å². The maximum absolute atomic E-state index is 3.73. The van der Waals surface area contributed by atoms with Crippen molar-refractivity contribution in [2.24, 2.45) is 5.92 Å². The van der Waals surface area contributed by atoms with Crippen molar-refractivity contribution in [3.8, 4) is 0 Å². The Hall–Kier alpha value is 1.12. The normalized spacial score (nSPS) is 7.50. The fraction of sp³-hybridized carbons (Fsp3) is 0.833. The van der Waals surface area contributed by atoms with Crippen LogP contribution in [0.15, 0.2) is 0 Å². The van der Waals surface area contributed by atoms with Gasteiger partial charge in [-0.2, -0.15) is 6.42 Å². The van der Waals surface area contributed by atoms with E-state index in [9.17, 15) is 0 Å². The first-order valence-electron chi connectivity index (χ1n) is 2.56. The molecule has 0 aromatic carbocycles. The Bertz CT molecular complexity index is 29.7. The average molecular weight is 156 g/mol. The summed E-state index contributed by atoms with van der Waals surface area (Å²) >= 11 is 0. The molecule has 2 heteroatoms. The minimum Gasteiger partial charge on any atom is -0.343 e. The molecule has 0 amide bonds. The smallest absolute Gasteiger partial charge is 0.343 e. The summed E-state index contributed by atoms with van der Waals surface area (Å²) in [6.45, 7) is 8.15. The molecule has 8 heavy (non-hydrogen) atoms. The molecule has 0 aliphatic heterocycles. The van der Waals surface area contributed by atoms with Crippen LogP contribution in [-0.2, 0) is 17.1 Å². The Labute approximate surface area is 75.5 Å². The van der Waals surface area contributed by atoms with Crippen molar-refractivity contribution in [3.05, 3.63) is 6.92 Å². The molecule has 0 heterocycles. The second kappa shape index (κ2) is 11.0. The third kappa shape index (κ3) is 15.7. The topological polar surface area (TPSA) is 0 Å². The molecule has 0 aromatic heterocycles. The van der Waals surface area contributed by atoms with Gasteiger partial charge in [0.15, 0.2) is 0 Å². The Morgan fingerprint density at radius 3 is 1.75 bits per heavy atom. The Morgan fingerprint density at radius 1 is 1.38 bits per heavy atom. The van der Waals surface area contributed by atoms with Crippen LogP contribution in [0, 0.1) is 12.8 Å². The number of hydrogen-bond donors (Lipinski definition) is 0. The molecule has 0 nitrogen and oxygen atoms in total. The molecule has 1 radical (unpaired) electrons. The van der Waals surface area contributed by atoms with Crippen LogP contribution in [-0.4, -0.2) is 18.9 Å². The number of rotatable bonds is 2. The van der Waals surface area contributed by atoms with E-state index in [2.05, 4.69) is 20.8 Å². The van der Waals surface area contributed by atoms with E-state index in [-0.39, 0.29) is 35.9 Å². The molecule has 0 bridgehead atoms. The van der Waals surface area contributed by atoms with Gasteiger partial charge in [0, 0.05) is 18.9 Å². The molecular formula is C6H13CuLi. The molecule has 0 aliphatic rings. The van der Waals surface area contributed by atoms with Gasteiger partial charge >= 0.3 is 17.1 Å². The second-order valence-electron chi connectivity index (χ2n) is 2.04. The van der Waals surface area contributed by atoms with Crippen molar-refractivity contribution >= 4 is 18.9 Å². The maximum atomic E-state index is 3.73. The van der Waals surface area contributed by atoms with Crippen LogP contribution in [0.3, 0.4) is 0 Å². The fourth-order valence-electron chi connectivity index (χ4n) is 0.408. The van der Waals surface area contributed by atoms with Gasteiger partial charge in [0.25, 0.3) is 0 Å². The van der Waals surface area contributed by atoms with Gasteiger partial charge in [-0.3, -0.25) is 0 Å². The fourth-order valence-corrected chi connectivity index (χ4v) is 0.408. The summed E-state index contributed by atoms with van der Waals surface area (Å²) < 4.78 is 0. The van der Waals surface area contributed by atoms with Crippen LogP contribution in [0.2, 0.25) is 0 Å². The average Bonchev–Trinajstić information content (AvgIpc) is 1.35. The molecule has 49 valence electrons. The Balaban J connectivity index is -0.000000125. The predicted molar refractivity (Wildman–Crippen MR) is 35.2 cm³/mol. The molecule has 0 aliphatic carbocycles. The van der Waals surface area contributed by atoms with Crippen LogP contribution in [0.25, 0.3) is 0 Å². The summed E-state index contributed by atoms with van der Waals surface area (Å²) in [5, 5.41) is 0. The van der Waals surface area contributed by atoms with Gasteiger partial charge in [-0.05, 0) is 5.92 Å². The largest absolute Gasteiger partial charge is 1.00 e. The van der Waals surface area contributed by atoms with Crippen molar-refractivity contribution in [3.63, 3.8) is 0 Å². The van der Waals surface area contributed by atoms with Crippen LogP contribution in [0.5, 0.6) is 0 Å². The van der Waals surface area contributed by atoms with Gasteiger partial charge in [0.2, 0.25) is 0 Å². The summed E-state index contributed by atoms with van der Waals surface area (Å²) in [5.74, 6) is 0.836. The predicted octanol–water partition coefficient (Wildman–Crippen LogP) is 1.87. The zero-order chi connectivity index (χ0) is 4.99. The van der Waals surface area contributed by atoms with Crippen LogP contribution in [0.1, 0.15) is 26.7 Å². The summed E-state index contributed by atoms with van der Waals surface area (Å²) in [5.41, 5.74) is 0. The van der Waals surface area contributed by atoms with Gasteiger partial charge in [-0.15, -0.1) is 0 Å². The molecule has 0 N–H and O–H groups in total. The summed E-state index contributed by atoms with van der Waals surface area (Å²) in [6.07, 6.45) is 2.34. The van der Waals surface area contributed by atoms with E-state index >= 15 is 0 Å². The van der Waals surface area contributed by atoms with Crippen molar-refractivity contribution < 1.29 is 17.1 Å². The SMILES string of the molecule is [CH2-]CCC(C)C.[Cu+].[Li]. The Morgan fingerprint density at radius 2 is 1.75 bits per heavy atom. The molecule has 0 rings (SSSR count). The van der Waals surface area contributed by atoms with E-state index < -0.39 is 0 Å². The third-order valence-electron chi connectivity index (χ3n) is 0.781. The van der Waals surface area contributed by atoms with Crippen molar-refractivity contribution in [1.82, 2.24) is 0 Å². The first-order valence-corrected chi connectivity index (χ1v) is 2.56. The standard InChI is InChI=1S/C6H13.Cu.Li/c1-4-5-6(2)3;;/h6H,1,4-5H2,2-3H3;;/q-1;+1;. The summed E-state index contributed by atoms with van der Waals surface area (Å²) in [4.78, 5) is 0. The zero-order valence-corrected chi connectivity index (χ0v) is 6.94. The molecule has 0 saturated carbocycles. The molecule has 0 atom stereocenters. The van der Waals surface area contributed by atoms with Gasteiger partial charge in [-0.25, -0.2) is 0 Å². The summed E-state index contributed by atoms with van der Waals surface area (Å²) in [7, 11) is 0. The van der Waals surface area contributed by atoms with E-state index in [0.29, 0.717) is 0 Å². The van der Waals surface area contributed by atoms with Crippen molar-refractivity contribution in [2.45, 2.75) is 26.7 Å². The first kappa shape index (κ1) is 16.1. The van der Waals surface area contributed by atoms with Crippen LogP contribution >= 0.6 is 0 Å². The van der Waals surface area contributed by atoms with Gasteiger partial charge < -0.3 is 6.92 Å². The van der Waals surface area contributed by atoms with Gasteiger partial charge in [-0.1, -0.05) is 20.3 Å². The van der Waals surface area contributed by atoms with Crippen LogP contribution in [0.4, 0.5) is 0 Å². The molecule has 0 saturated heterocycles. The van der Waals surface area contributed by atoms with E-state index in [1.165, 1.54) is 6.42 Å². The molecule has 0 aromatic rings. The zero-order valence-electron chi connectivity index (χ0n) is 6.00. The first-order chi connectivity index (χ1) is 2.77. The van der Waals surface area contributed by atoms with Crippen LogP contribution < -0.4 is 0 Å². The second-order valence-corrected chi connectivity index (χ2v) is 2.04. The minimum absolute atomic E-state index is 0. The van der Waals surface area contributed by atoms with Crippen molar-refractivity contribution in [2.75, 3.05) is 0 Å². The van der Waals surface area contributed by atoms with Crippen molar-refractivity contribution in [1.29, 1.82) is 0 Å². The van der Waals surface area contributed by atoms with E-state index in [4.69, 9.17) is 0 Å². The number of hydrogen-bond acceptors (Lipinski definition) is 0. The molecule has 0 fully saturated rings.